The summed E-state index contributed by atoms with van der Waals surface area (Å²) in [5.41, 5.74) is 0. The molecule has 0 aliphatic carbocycles. The predicted octanol–water partition coefficient (Wildman–Crippen LogP) is 1.19. The molecule has 4 nitrogen and oxygen atoms in total. The molecule has 3 atom stereocenters. The zero-order chi connectivity index (χ0) is 10.3. The zero-order valence-electron chi connectivity index (χ0n) is 9.19. The van der Waals surface area contributed by atoms with Gasteiger partial charge in [-0.3, -0.25) is 4.57 Å². The van der Waals surface area contributed by atoms with Crippen LogP contribution >= 0.6 is 8.25 Å². The molecule has 6 heteroatoms. The van der Waals surface area contributed by atoms with Gasteiger partial charge in [0.25, 0.3) is 0 Å². The summed E-state index contributed by atoms with van der Waals surface area (Å²) in [5.74, 6) is -0.0268. The summed E-state index contributed by atoms with van der Waals surface area (Å²) in [6.45, 7) is 3.92. The fourth-order valence-electron chi connectivity index (χ4n) is 1.31. The third-order valence-electron chi connectivity index (χ3n) is 2.11. The molecule has 0 aromatic heterocycles. The van der Waals surface area contributed by atoms with Crippen molar-refractivity contribution in [3.05, 3.63) is 0 Å². The van der Waals surface area contributed by atoms with E-state index >= 15 is 0 Å². The van der Waals surface area contributed by atoms with Gasteiger partial charge in [0, 0.05) is 42.1 Å². The maximum atomic E-state index is 10.5. The van der Waals surface area contributed by atoms with Crippen molar-refractivity contribution in [1.82, 2.24) is 0 Å². The van der Waals surface area contributed by atoms with Crippen LogP contribution in [-0.4, -0.2) is 52.3 Å². The fraction of sp³-hybridized carbons (Fsp3) is 1.00. The Morgan fingerprint density at radius 1 is 1.43 bits per heavy atom. The molecule has 3 unspecified atom stereocenters. The summed E-state index contributed by atoms with van der Waals surface area (Å²) in [7, 11) is -2.88. The first-order valence-corrected chi connectivity index (χ1v) is 5.92. The van der Waals surface area contributed by atoms with Crippen molar-refractivity contribution in [3.63, 3.8) is 0 Å². The molecule has 0 fully saturated rings. The molecule has 0 aromatic rings. The second-order valence-electron chi connectivity index (χ2n) is 3.06. The van der Waals surface area contributed by atoms with Crippen LogP contribution < -0.4 is 0 Å². The maximum Gasteiger partial charge on any atom is 0.316 e. The molecule has 0 aliphatic heterocycles. The largest absolute Gasteiger partial charge is 0.396 e. The Morgan fingerprint density at radius 2 is 2.00 bits per heavy atom. The smallest absolute Gasteiger partial charge is 0.316 e. The summed E-state index contributed by atoms with van der Waals surface area (Å²) >= 11 is 0. The van der Waals surface area contributed by atoms with Crippen molar-refractivity contribution in [3.8, 4) is 0 Å². The van der Waals surface area contributed by atoms with Gasteiger partial charge in [0.15, 0.2) is 0 Å². The SMILES string of the molecule is CCCC(O[PH](=O)O)C(CC)CO.[Na]. The van der Waals surface area contributed by atoms with E-state index in [-0.39, 0.29) is 48.2 Å². The quantitative estimate of drug-likeness (QED) is 0.512. The van der Waals surface area contributed by atoms with Crippen LogP contribution in [-0.2, 0) is 9.09 Å². The van der Waals surface area contributed by atoms with Crippen LogP contribution in [0, 0.1) is 5.92 Å². The van der Waals surface area contributed by atoms with Gasteiger partial charge < -0.3 is 14.5 Å². The number of aliphatic hydroxyl groups excluding tert-OH is 1. The van der Waals surface area contributed by atoms with E-state index in [2.05, 4.69) is 0 Å². The minimum Gasteiger partial charge on any atom is -0.396 e. The first kappa shape index (κ1) is 17.5. The Labute approximate surface area is 108 Å². The first-order valence-electron chi connectivity index (χ1n) is 4.66. The van der Waals surface area contributed by atoms with E-state index in [0.29, 0.717) is 0 Å². The monoisotopic (exact) mass is 233 g/mol. The van der Waals surface area contributed by atoms with Gasteiger partial charge in [0.1, 0.15) is 0 Å². The van der Waals surface area contributed by atoms with E-state index in [9.17, 15) is 4.57 Å². The van der Waals surface area contributed by atoms with E-state index in [1.54, 1.807) is 0 Å². The van der Waals surface area contributed by atoms with Gasteiger partial charge >= 0.3 is 8.25 Å². The van der Waals surface area contributed by atoms with E-state index in [1.807, 2.05) is 13.8 Å². The molecule has 0 spiro atoms. The summed E-state index contributed by atoms with van der Waals surface area (Å²) in [5, 5.41) is 8.98. The third kappa shape index (κ3) is 7.41. The van der Waals surface area contributed by atoms with Crippen molar-refractivity contribution in [1.29, 1.82) is 0 Å². The molecular formula is C8H19NaO4P. The molecule has 0 saturated carbocycles. The van der Waals surface area contributed by atoms with Crippen molar-refractivity contribution < 1.29 is 19.1 Å². The minimum atomic E-state index is -2.88. The molecule has 14 heavy (non-hydrogen) atoms. The van der Waals surface area contributed by atoms with Crippen LogP contribution in [0.25, 0.3) is 0 Å². The second-order valence-corrected chi connectivity index (χ2v) is 3.83. The molecule has 2 N–H and O–H groups in total. The average molecular weight is 233 g/mol. The predicted molar refractivity (Wildman–Crippen MR) is 57.6 cm³/mol. The van der Waals surface area contributed by atoms with Gasteiger partial charge in [-0.2, -0.15) is 0 Å². The first-order chi connectivity index (χ1) is 6.15. The van der Waals surface area contributed by atoms with E-state index in [1.165, 1.54) is 0 Å². The second kappa shape index (κ2) is 10.6. The van der Waals surface area contributed by atoms with Crippen LogP contribution in [0.5, 0.6) is 0 Å². The minimum absolute atomic E-state index is 0. The van der Waals surface area contributed by atoms with E-state index in [4.69, 9.17) is 14.5 Å². The fourth-order valence-corrected chi connectivity index (χ4v) is 1.88. The normalized spacial score (nSPS) is 16.9. The van der Waals surface area contributed by atoms with Gasteiger partial charge in [-0.05, 0) is 12.8 Å². The van der Waals surface area contributed by atoms with Crippen LogP contribution in [0.1, 0.15) is 33.1 Å². The Bertz CT molecular complexity index is 152. The number of rotatable bonds is 7. The molecule has 0 aliphatic rings. The molecule has 0 aromatic carbocycles. The van der Waals surface area contributed by atoms with Crippen molar-refractivity contribution in [2.24, 2.45) is 5.92 Å². The van der Waals surface area contributed by atoms with Gasteiger partial charge in [-0.25, -0.2) is 0 Å². The topological polar surface area (TPSA) is 66.8 Å². The van der Waals surface area contributed by atoms with Crippen LogP contribution in [0.2, 0.25) is 0 Å². The number of aliphatic hydroxyl groups is 1. The summed E-state index contributed by atoms with van der Waals surface area (Å²) < 4.78 is 15.4. The van der Waals surface area contributed by atoms with E-state index in [0.717, 1.165) is 19.3 Å². The summed E-state index contributed by atoms with van der Waals surface area (Å²) in [6, 6.07) is 0. The summed E-state index contributed by atoms with van der Waals surface area (Å²) in [4.78, 5) is 8.63. The van der Waals surface area contributed by atoms with Gasteiger partial charge in [0.2, 0.25) is 0 Å². The average Bonchev–Trinajstić information content (AvgIpc) is 2.05. The molecular weight excluding hydrogens is 214 g/mol. The van der Waals surface area contributed by atoms with Crippen LogP contribution in [0.3, 0.4) is 0 Å². The van der Waals surface area contributed by atoms with Crippen molar-refractivity contribution in [2.75, 3.05) is 6.61 Å². The Morgan fingerprint density at radius 3 is 2.29 bits per heavy atom. The Kier molecular flexibility index (Phi) is 13.3. The molecule has 0 bridgehead atoms. The Balaban J connectivity index is 0. The van der Waals surface area contributed by atoms with Gasteiger partial charge in [0.05, 0.1) is 6.10 Å². The molecule has 0 saturated heterocycles. The molecule has 1 radical (unpaired) electrons. The van der Waals surface area contributed by atoms with Crippen molar-refractivity contribution >= 4 is 37.8 Å². The molecule has 0 amide bonds. The number of hydrogen-bond donors (Lipinski definition) is 2. The Hall–Kier alpha value is 1.11. The maximum absolute atomic E-state index is 10.5. The molecule has 0 heterocycles. The van der Waals surface area contributed by atoms with Crippen LogP contribution in [0.4, 0.5) is 0 Å². The standard InChI is InChI=1S/C8H19O4P.Na/c1-3-5-8(12-13(10)11)7(4-2)6-9;/h7-9,13H,3-6H2,1-2H3,(H,10,11);. The number of hydrogen-bond acceptors (Lipinski definition) is 3. The third-order valence-corrected chi connectivity index (χ3v) is 2.61. The molecule has 0 rings (SSSR count). The van der Waals surface area contributed by atoms with E-state index < -0.39 is 8.25 Å². The van der Waals surface area contributed by atoms with Crippen molar-refractivity contribution in [2.45, 2.75) is 39.2 Å². The van der Waals surface area contributed by atoms with Crippen LogP contribution in [0.15, 0.2) is 0 Å². The van der Waals surface area contributed by atoms with Gasteiger partial charge in [-0.1, -0.05) is 20.3 Å². The zero-order valence-corrected chi connectivity index (χ0v) is 12.2. The van der Waals surface area contributed by atoms with Gasteiger partial charge in [-0.15, -0.1) is 0 Å². The molecule has 81 valence electrons. The summed E-state index contributed by atoms with van der Waals surface area (Å²) in [6.07, 6.45) is 2.08.